The van der Waals surface area contributed by atoms with E-state index in [2.05, 4.69) is 20.6 Å². The molecule has 2 aromatic heterocycles. The monoisotopic (exact) mass is 374 g/mol. The molecule has 27 heavy (non-hydrogen) atoms. The van der Waals surface area contributed by atoms with Gasteiger partial charge in [-0.2, -0.15) is 10.2 Å². The number of carbonyl (C=O) groups is 2. The molecule has 1 unspecified atom stereocenters. The Balaban J connectivity index is 1.53. The lowest BCUT2D eigenvalue weighted by atomic mass is 10.1. The first-order valence-electron chi connectivity index (χ1n) is 9.21. The van der Waals surface area contributed by atoms with Crippen molar-refractivity contribution < 1.29 is 14.3 Å². The summed E-state index contributed by atoms with van der Waals surface area (Å²) in [6, 6.07) is 0. The summed E-state index contributed by atoms with van der Waals surface area (Å²) in [5.41, 5.74) is 3.62. The maximum Gasteiger partial charge on any atom is 0.255 e. The van der Waals surface area contributed by atoms with Crippen LogP contribution in [-0.2, 0) is 27.3 Å². The van der Waals surface area contributed by atoms with Crippen molar-refractivity contribution in [3.8, 4) is 0 Å². The van der Waals surface area contributed by atoms with E-state index < -0.39 is 6.10 Å². The highest BCUT2D eigenvalue weighted by molar-refractivity contribution is 5.94. The number of ether oxygens (including phenoxy) is 1. The van der Waals surface area contributed by atoms with Crippen molar-refractivity contribution in [2.75, 3.05) is 25.0 Å². The highest BCUT2D eigenvalue weighted by Crippen LogP contribution is 2.15. The Morgan fingerprint density at radius 1 is 1.41 bits per heavy atom. The third kappa shape index (κ3) is 4.54. The minimum absolute atomic E-state index is 0.0231. The molecule has 0 saturated carbocycles. The molecule has 3 rings (SSSR count). The van der Waals surface area contributed by atoms with Crippen LogP contribution in [0.15, 0.2) is 12.4 Å². The fourth-order valence-electron chi connectivity index (χ4n) is 3.19. The van der Waals surface area contributed by atoms with Crippen molar-refractivity contribution in [1.82, 2.24) is 24.9 Å². The van der Waals surface area contributed by atoms with Gasteiger partial charge in [-0.3, -0.25) is 19.4 Å². The molecule has 1 aliphatic rings. The van der Waals surface area contributed by atoms with Gasteiger partial charge in [0.2, 0.25) is 5.91 Å². The van der Waals surface area contributed by atoms with Gasteiger partial charge in [-0.15, -0.1) is 0 Å². The molecule has 9 heteroatoms. The molecule has 1 saturated heterocycles. The van der Waals surface area contributed by atoms with E-state index in [1.54, 1.807) is 22.0 Å². The quantitative estimate of drug-likeness (QED) is 0.786. The van der Waals surface area contributed by atoms with Crippen LogP contribution in [0.3, 0.4) is 0 Å². The summed E-state index contributed by atoms with van der Waals surface area (Å²) in [6.07, 6.45) is 3.71. The van der Waals surface area contributed by atoms with E-state index in [-0.39, 0.29) is 18.4 Å². The van der Waals surface area contributed by atoms with Crippen molar-refractivity contribution in [3.05, 3.63) is 29.3 Å². The van der Waals surface area contributed by atoms with E-state index >= 15 is 0 Å². The molecule has 1 aliphatic heterocycles. The number of nitrogens with zero attached hydrogens (tertiary/aromatic N) is 4. The molecule has 2 amide bonds. The van der Waals surface area contributed by atoms with Crippen molar-refractivity contribution in [1.29, 1.82) is 0 Å². The number of hydrogen-bond acceptors (Lipinski definition) is 5. The van der Waals surface area contributed by atoms with Crippen LogP contribution in [0.25, 0.3) is 0 Å². The maximum atomic E-state index is 12.6. The van der Waals surface area contributed by atoms with E-state index in [1.807, 2.05) is 20.8 Å². The summed E-state index contributed by atoms with van der Waals surface area (Å²) in [4.78, 5) is 26.7. The minimum Gasteiger partial charge on any atom is -0.365 e. The number of aromatic nitrogens is 4. The van der Waals surface area contributed by atoms with Gasteiger partial charge < -0.3 is 15.0 Å². The van der Waals surface area contributed by atoms with Gasteiger partial charge in [-0.05, 0) is 32.8 Å². The first-order valence-corrected chi connectivity index (χ1v) is 9.21. The lowest BCUT2D eigenvalue weighted by Crippen LogP contribution is -2.50. The molecule has 0 radical (unpaired) electrons. The van der Waals surface area contributed by atoms with Gasteiger partial charge in [0.25, 0.3) is 5.91 Å². The van der Waals surface area contributed by atoms with Crippen LogP contribution in [0, 0.1) is 13.8 Å². The largest absolute Gasteiger partial charge is 0.365 e. The van der Waals surface area contributed by atoms with E-state index in [9.17, 15) is 9.59 Å². The number of morpholine rings is 1. The van der Waals surface area contributed by atoms with E-state index in [0.29, 0.717) is 31.7 Å². The zero-order valence-corrected chi connectivity index (χ0v) is 16.0. The number of carbonyl (C=O) groups excluding carboxylic acids is 2. The van der Waals surface area contributed by atoms with Gasteiger partial charge in [-0.1, -0.05) is 0 Å². The maximum absolute atomic E-state index is 12.6. The van der Waals surface area contributed by atoms with Crippen molar-refractivity contribution in [3.63, 3.8) is 0 Å². The van der Waals surface area contributed by atoms with Crippen molar-refractivity contribution in [2.45, 2.75) is 46.3 Å². The first-order chi connectivity index (χ1) is 13.0. The van der Waals surface area contributed by atoms with Gasteiger partial charge in [0.15, 0.2) is 6.10 Å². The van der Waals surface area contributed by atoms with Gasteiger partial charge in [0, 0.05) is 31.4 Å². The van der Waals surface area contributed by atoms with Crippen LogP contribution < -0.4 is 5.32 Å². The lowest BCUT2D eigenvalue weighted by molar-refractivity contribution is -0.144. The fourth-order valence-corrected chi connectivity index (χ4v) is 3.19. The molecule has 2 aromatic rings. The second kappa shape index (κ2) is 8.34. The number of amides is 2. The fraction of sp³-hybridized carbons (Fsp3) is 0.556. The second-order valence-corrected chi connectivity index (χ2v) is 6.69. The van der Waals surface area contributed by atoms with Crippen LogP contribution in [0.1, 0.15) is 30.3 Å². The standard InChI is InChI=1S/C18H26N6O3/c1-4-24-10-14(9-19-24)20-18(26)16-11-23(7-8-27-16)17(25)6-5-15-12(2)21-22-13(15)3/h9-10,16H,4-8,11H2,1-3H3,(H,20,26)(H,21,22). The SMILES string of the molecule is CCn1cc(NC(=O)C2CN(C(=O)CCc3c(C)n[nH]c3C)CCO2)cn1. The van der Waals surface area contributed by atoms with Crippen LogP contribution in [0.5, 0.6) is 0 Å². The van der Waals surface area contributed by atoms with Crippen molar-refractivity contribution >= 4 is 17.5 Å². The zero-order chi connectivity index (χ0) is 19.4. The molecule has 1 atom stereocenters. The van der Waals surface area contributed by atoms with Crippen LogP contribution in [0.4, 0.5) is 5.69 Å². The smallest absolute Gasteiger partial charge is 0.255 e. The van der Waals surface area contributed by atoms with E-state index in [4.69, 9.17) is 4.74 Å². The third-order valence-electron chi connectivity index (χ3n) is 4.81. The topological polar surface area (TPSA) is 105 Å². The Labute approximate surface area is 158 Å². The van der Waals surface area contributed by atoms with Gasteiger partial charge in [0.05, 0.1) is 30.7 Å². The predicted octanol–water partition coefficient (Wildman–Crippen LogP) is 1.04. The summed E-state index contributed by atoms with van der Waals surface area (Å²) in [7, 11) is 0. The Kier molecular flexibility index (Phi) is 5.90. The molecular weight excluding hydrogens is 348 g/mol. The molecule has 0 bridgehead atoms. The highest BCUT2D eigenvalue weighted by Gasteiger charge is 2.29. The molecule has 2 N–H and O–H groups in total. The first kappa shape index (κ1) is 19.1. The number of aryl methyl sites for hydroxylation is 3. The summed E-state index contributed by atoms with van der Waals surface area (Å²) in [5.74, 6) is -0.237. The van der Waals surface area contributed by atoms with Crippen LogP contribution in [-0.4, -0.2) is 62.5 Å². The number of nitrogens with one attached hydrogen (secondary N) is 2. The normalized spacial score (nSPS) is 17.1. The summed E-state index contributed by atoms with van der Waals surface area (Å²) < 4.78 is 7.30. The number of hydrogen-bond donors (Lipinski definition) is 2. The molecule has 0 spiro atoms. The molecule has 1 fully saturated rings. The number of rotatable bonds is 6. The minimum atomic E-state index is -0.676. The molecule has 9 nitrogen and oxygen atoms in total. The Morgan fingerprint density at radius 2 is 2.22 bits per heavy atom. The Morgan fingerprint density at radius 3 is 2.89 bits per heavy atom. The van der Waals surface area contributed by atoms with E-state index in [1.165, 1.54) is 0 Å². The van der Waals surface area contributed by atoms with Crippen LogP contribution >= 0.6 is 0 Å². The Hall–Kier alpha value is -2.68. The summed E-state index contributed by atoms with van der Waals surface area (Å²) >= 11 is 0. The van der Waals surface area contributed by atoms with Gasteiger partial charge in [0.1, 0.15) is 0 Å². The highest BCUT2D eigenvalue weighted by atomic mass is 16.5. The number of H-pyrrole nitrogens is 1. The molecule has 0 aromatic carbocycles. The van der Waals surface area contributed by atoms with Crippen LogP contribution in [0.2, 0.25) is 0 Å². The number of anilines is 1. The predicted molar refractivity (Wildman–Crippen MR) is 99.2 cm³/mol. The second-order valence-electron chi connectivity index (χ2n) is 6.69. The molecule has 146 valence electrons. The average Bonchev–Trinajstić information content (AvgIpc) is 3.26. The van der Waals surface area contributed by atoms with Gasteiger partial charge >= 0.3 is 0 Å². The summed E-state index contributed by atoms with van der Waals surface area (Å²) in [5, 5.41) is 14.0. The van der Waals surface area contributed by atoms with E-state index in [0.717, 1.165) is 23.5 Å². The van der Waals surface area contributed by atoms with Crippen molar-refractivity contribution in [2.24, 2.45) is 0 Å². The van der Waals surface area contributed by atoms with Gasteiger partial charge in [-0.25, -0.2) is 0 Å². The summed E-state index contributed by atoms with van der Waals surface area (Å²) in [6.45, 7) is 7.69. The lowest BCUT2D eigenvalue weighted by Gasteiger charge is -2.32. The Bertz CT molecular complexity index is 792. The number of aromatic amines is 1. The average molecular weight is 374 g/mol. The molecular formula is C18H26N6O3. The third-order valence-corrected chi connectivity index (χ3v) is 4.81. The molecule has 0 aliphatic carbocycles. The molecule has 3 heterocycles. The zero-order valence-electron chi connectivity index (χ0n) is 16.0.